The van der Waals surface area contributed by atoms with Gasteiger partial charge in [0.25, 0.3) is 0 Å². The van der Waals surface area contributed by atoms with Gasteiger partial charge in [-0.05, 0) is 6.92 Å². The number of esters is 1. The number of sulfone groups is 1. The minimum Gasteiger partial charge on any atom is -0.465 e. The topological polar surface area (TPSA) is 86.5 Å². The molecule has 76 valence electrons. The highest BCUT2D eigenvalue weighted by Crippen LogP contribution is 2.21. The molecule has 1 fully saturated rings. The first kappa shape index (κ1) is 10.5. The quantitative estimate of drug-likeness (QED) is 0.595. The maximum Gasteiger partial charge on any atom is 0.323 e. The first-order chi connectivity index (χ1) is 5.96. The highest BCUT2D eigenvalue weighted by atomic mass is 32.2. The summed E-state index contributed by atoms with van der Waals surface area (Å²) < 4.78 is 26.2. The van der Waals surface area contributed by atoms with Crippen molar-refractivity contribution < 1.29 is 17.9 Å². The van der Waals surface area contributed by atoms with Gasteiger partial charge in [-0.1, -0.05) is 0 Å². The van der Waals surface area contributed by atoms with Gasteiger partial charge in [0.05, 0.1) is 18.1 Å². The first-order valence-electron chi connectivity index (χ1n) is 4.09. The third-order valence-corrected chi connectivity index (χ3v) is 3.87. The van der Waals surface area contributed by atoms with Gasteiger partial charge in [-0.25, -0.2) is 8.42 Å². The summed E-state index contributed by atoms with van der Waals surface area (Å²) in [5.74, 6) is -0.758. The molecule has 1 unspecified atom stereocenters. The number of hydrogen-bond acceptors (Lipinski definition) is 5. The predicted molar refractivity (Wildman–Crippen MR) is 46.8 cm³/mol. The van der Waals surface area contributed by atoms with Crippen LogP contribution < -0.4 is 5.73 Å². The molecule has 1 rings (SSSR count). The minimum absolute atomic E-state index is 0.00693. The van der Waals surface area contributed by atoms with Crippen LogP contribution in [0, 0.1) is 5.92 Å². The van der Waals surface area contributed by atoms with Crippen molar-refractivity contribution >= 4 is 15.8 Å². The van der Waals surface area contributed by atoms with E-state index >= 15 is 0 Å². The summed E-state index contributed by atoms with van der Waals surface area (Å²) in [5, 5.41) is 0. The summed E-state index contributed by atoms with van der Waals surface area (Å²) in [5.41, 5.74) is 5.49. The molecular weight excluding hydrogens is 194 g/mol. The summed E-state index contributed by atoms with van der Waals surface area (Å²) >= 11 is 0. The van der Waals surface area contributed by atoms with Crippen molar-refractivity contribution in [2.75, 3.05) is 18.1 Å². The number of carbonyl (C=O) groups is 1. The SMILES string of the molecule is CCOC(=O)C(N)C1CS(=O)(=O)C1. The molecule has 1 aliphatic heterocycles. The lowest BCUT2D eigenvalue weighted by Gasteiger charge is -2.29. The second kappa shape index (κ2) is 3.63. The summed E-state index contributed by atoms with van der Waals surface area (Å²) in [6.07, 6.45) is 0. The average Bonchev–Trinajstić information content (AvgIpc) is 1.99. The third-order valence-electron chi connectivity index (χ3n) is 2.00. The predicted octanol–water partition coefficient (Wildman–Crippen LogP) is -1.08. The van der Waals surface area contributed by atoms with Crippen LogP contribution in [-0.2, 0) is 19.4 Å². The zero-order valence-corrected chi connectivity index (χ0v) is 8.21. The van der Waals surface area contributed by atoms with Gasteiger partial charge in [0.1, 0.15) is 6.04 Å². The van der Waals surface area contributed by atoms with Crippen molar-refractivity contribution in [3.8, 4) is 0 Å². The summed E-state index contributed by atoms with van der Waals surface area (Å²) in [4.78, 5) is 11.0. The molecule has 0 spiro atoms. The Kier molecular flexibility index (Phi) is 2.92. The molecule has 5 nitrogen and oxygen atoms in total. The van der Waals surface area contributed by atoms with Crippen molar-refractivity contribution in [2.45, 2.75) is 13.0 Å². The Bertz CT molecular complexity index is 286. The molecule has 6 heteroatoms. The molecule has 0 bridgehead atoms. The molecule has 1 saturated heterocycles. The third kappa shape index (κ3) is 2.41. The molecule has 13 heavy (non-hydrogen) atoms. The lowest BCUT2D eigenvalue weighted by molar-refractivity contribution is -0.145. The fourth-order valence-corrected chi connectivity index (χ4v) is 2.86. The largest absolute Gasteiger partial charge is 0.465 e. The van der Waals surface area contributed by atoms with E-state index in [0.717, 1.165) is 0 Å². The van der Waals surface area contributed by atoms with Crippen LogP contribution in [0.3, 0.4) is 0 Å². The maximum absolute atomic E-state index is 11.0. The standard InChI is InChI=1S/C7H13NO4S/c1-2-12-7(9)6(8)5-3-13(10,11)4-5/h5-6H,2-4,8H2,1H3. The van der Waals surface area contributed by atoms with E-state index in [2.05, 4.69) is 4.74 Å². The van der Waals surface area contributed by atoms with Gasteiger partial charge < -0.3 is 10.5 Å². The molecule has 1 atom stereocenters. The Hall–Kier alpha value is -0.620. The van der Waals surface area contributed by atoms with E-state index in [9.17, 15) is 13.2 Å². The average molecular weight is 207 g/mol. The Morgan fingerprint density at radius 2 is 2.15 bits per heavy atom. The van der Waals surface area contributed by atoms with Gasteiger partial charge in [-0.2, -0.15) is 0 Å². The number of hydrogen-bond donors (Lipinski definition) is 1. The van der Waals surface area contributed by atoms with Gasteiger partial charge in [0.15, 0.2) is 9.84 Å². The summed E-state index contributed by atoms with van der Waals surface area (Å²) in [7, 11) is -2.91. The van der Waals surface area contributed by atoms with Crippen LogP contribution in [0.2, 0.25) is 0 Å². The molecule has 0 amide bonds. The van der Waals surface area contributed by atoms with Crippen LogP contribution in [0.5, 0.6) is 0 Å². The Morgan fingerprint density at radius 1 is 1.62 bits per heavy atom. The van der Waals surface area contributed by atoms with E-state index in [4.69, 9.17) is 5.73 Å². The van der Waals surface area contributed by atoms with E-state index in [-0.39, 0.29) is 24.0 Å². The lowest BCUT2D eigenvalue weighted by atomic mass is 10.0. The van der Waals surface area contributed by atoms with E-state index in [0.29, 0.717) is 0 Å². The molecule has 0 aromatic heterocycles. The number of carbonyl (C=O) groups excluding carboxylic acids is 1. The lowest BCUT2D eigenvalue weighted by Crippen LogP contribution is -2.51. The van der Waals surface area contributed by atoms with Gasteiger partial charge >= 0.3 is 5.97 Å². The van der Waals surface area contributed by atoms with Crippen molar-refractivity contribution in [2.24, 2.45) is 11.7 Å². The van der Waals surface area contributed by atoms with Gasteiger partial charge in [0.2, 0.25) is 0 Å². The second-order valence-corrected chi connectivity index (χ2v) is 5.27. The monoisotopic (exact) mass is 207 g/mol. The zero-order chi connectivity index (χ0) is 10.1. The van der Waals surface area contributed by atoms with Crippen LogP contribution in [0.25, 0.3) is 0 Å². The van der Waals surface area contributed by atoms with E-state index in [1.165, 1.54) is 0 Å². The highest BCUT2D eigenvalue weighted by molar-refractivity contribution is 7.92. The molecule has 2 N–H and O–H groups in total. The molecule has 0 saturated carbocycles. The van der Waals surface area contributed by atoms with Gasteiger partial charge in [-0.15, -0.1) is 0 Å². The van der Waals surface area contributed by atoms with E-state index in [1.807, 2.05) is 0 Å². The second-order valence-electron chi connectivity index (χ2n) is 3.11. The zero-order valence-electron chi connectivity index (χ0n) is 7.39. The highest BCUT2D eigenvalue weighted by Gasteiger charge is 2.40. The van der Waals surface area contributed by atoms with Crippen molar-refractivity contribution in [3.63, 3.8) is 0 Å². The molecular formula is C7H13NO4S. The molecule has 0 radical (unpaired) electrons. The van der Waals surface area contributed by atoms with Crippen LogP contribution >= 0.6 is 0 Å². The number of rotatable bonds is 3. The van der Waals surface area contributed by atoms with E-state index in [1.54, 1.807) is 6.92 Å². The molecule has 0 aromatic rings. The van der Waals surface area contributed by atoms with Crippen molar-refractivity contribution in [1.82, 2.24) is 0 Å². The fraction of sp³-hybridized carbons (Fsp3) is 0.857. The maximum atomic E-state index is 11.0. The molecule has 0 aliphatic carbocycles. The van der Waals surface area contributed by atoms with Crippen molar-refractivity contribution in [1.29, 1.82) is 0 Å². The van der Waals surface area contributed by atoms with Gasteiger partial charge in [0, 0.05) is 5.92 Å². The van der Waals surface area contributed by atoms with Crippen LogP contribution in [0.4, 0.5) is 0 Å². The summed E-state index contributed by atoms with van der Waals surface area (Å²) in [6, 6.07) is -0.788. The summed E-state index contributed by atoms with van der Waals surface area (Å²) in [6.45, 7) is 1.95. The molecule has 1 aliphatic rings. The molecule has 0 aromatic carbocycles. The van der Waals surface area contributed by atoms with Crippen LogP contribution in [0.1, 0.15) is 6.92 Å². The van der Waals surface area contributed by atoms with Crippen molar-refractivity contribution in [3.05, 3.63) is 0 Å². The minimum atomic E-state index is -2.91. The Morgan fingerprint density at radius 3 is 2.54 bits per heavy atom. The number of ether oxygens (including phenoxy) is 1. The first-order valence-corrected chi connectivity index (χ1v) is 5.91. The molecule has 1 heterocycles. The normalized spacial score (nSPS) is 23.2. The number of nitrogens with two attached hydrogens (primary N) is 1. The fourth-order valence-electron chi connectivity index (χ4n) is 1.24. The van der Waals surface area contributed by atoms with Crippen LogP contribution in [-0.4, -0.2) is 38.5 Å². The Labute approximate surface area is 77.2 Å². The Balaban J connectivity index is 2.42. The van der Waals surface area contributed by atoms with Crippen LogP contribution in [0.15, 0.2) is 0 Å². The van der Waals surface area contributed by atoms with E-state index < -0.39 is 21.8 Å². The smallest absolute Gasteiger partial charge is 0.323 e. The van der Waals surface area contributed by atoms with Gasteiger partial charge in [-0.3, -0.25) is 4.79 Å².